The lowest BCUT2D eigenvalue weighted by Gasteiger charge is -2.02. The van der Waals surface area contributed by atoms with Gasteiger partial charge in [-0.2, -0.15) is 4.98 Å². The van der Waals surface area contributed by atoms with Crippen molar-refractivity contribution in [2.24, 2.45) is 0 Å². The van der Waals surface area contributed by atoms with E-state index in [1.165, 1.54) is 12.1 Å². The van der Waals surface area contributed by atoms with Crippen molar-refractivity contribution in [3.63, 3.8) is 0 Å². The van der Waals surface area contributed by atoms with E-state index in [2.05, 4.69) is 10.1 Å². The minimum absolute atomic E-state index is 0.154. The maximum Gasteiger partial charge on any atom is 0.265 e. The smallest absolute Gasteiger partial charge is 0.265 e. The number of hydrogen-bond acceptors (Lipinski definition) is 5. The normalized spacial score (nSPS) is 10.4. The fourth-order valence-corrected chi connectivity index (χ4v) is 1.19. The molecule has 0 fully saturated rings. The summed E-state index contributed by atoms with van der Waals surface area (Å²) in [6.07, 6.45) is 0. The summed E-state index contributed by atoms with van der Waals surface area (Å²) in [6, 6.07) is 3.60. The summed E-state index contributed by atoms with van der Waals surface area (Å²) in [7, 11) is 3.53. The largest absolute Gasteiger partial charge is 0.507 e. The van der Waals surface area contributed by atoms with Crippen molar-refractivity contribution in [1.82, 2.24) is 10.1 Å². The molecule has 1 heterocycles. The third kappa shape index (κ3) is 1.81. The maximum absolute atomic E-state index is 12.8. The molecular weight excluding hydrogens is 213 g/mol. The molecule has 5 nitrogen and oxygen atoms in total. The van der Waals surface area contributed by atoms with E-state index in [4.69, 9.17) is 4.52 Å². The Morgan fingerprint density at radius 1 is 1.38 bits per heavy atom. The Balaban J connectivity index is 2.42. The molecule has 1 aromatic heterocycles. The topological polar surface area (TPSA) is 62.4 Å². The van der Waals surface area contributed by atoms with Crippen LogP contribution in [0.3, 0.4) is 0 Å². The number of rotatable bonds is 2. The van der Waals surface area contributed by atoms with Crippen LogP contribution in [0.5, 0.6) is 5.75 Å². The Morgan fingerprint density at radius 2 is 2.12 bits per heavy atom. The molecule has 0 unspecified atom stereocenters. The molecule has 2 rings (SSSR count). The average molecular weight is 223 g/mol. The minimum atomic E-state index is -0.520. The van der Waals surface area contributed by atoms with Gasteiger partial charge in [0.15, 0.2) is 0 Å². The highest BCUT2D eigenvalue weighted by atomic mass is 19.1. The third-order valence-corrected chi connectivity index (χ3v) is 2.01. The lowest BCUT2D eigenvalue weighted by Crippen LogP contribution is -2.10. The zero-order chi connectivity index (χ0) is 11.7. The number of halogens is 1. The molecule has 0 radical (unpaired) electrons. The molecule has 0 bridgehead atoms. The van der Waals surface area contributed by atoms with Crippen LogP contribution in [0.4, 0.5) is 10.3 Å². The highest BCUT2D eigenvalue weighted by molar-refractivity contribution is 5.62. The molecule has 0 saturated heterocycles. The Kier molecular flexibility index (Phi) is 2.47. The lowest BCUT2D eigenvalue weighted by molar-refractivity contribution is 0.423. The SMILES string of the molecule is CN(C)c1noc(-c2ccc(F)cc2O)n1. The number of nitrogens with zero attached hydrogens (tertiary/aromatic N) is 3. The fourth-order valence-electron chi connectivity index (χ4n) is 1.19. The lowest BCUT2D eigenvalue weighted by atomic mass is 10.2. The first-order valence-electron chi connectivity index (χ1n) is 4.58. The molecule has 0 aliphatic carbocycles. The predicted molar refractivity (Wildman–Crippen MR) is 55.7 cm³/mol. The molecule has 2 aromatic rings. The summed E-state index contributed by atoms with van der Waals surface area (Å²) >= 11 is 0. The van der Waals surface area contributed by atoms with Gasteiger partial charge in [-0.1, -0.05) is 0 Å². The van der Waals surface area contributed by atoms with Crippen LogP contribution >= 0.6 is 0 Å². The molecule has 0 aliphatic heterocycles. The van der Waals surface area contributed by atoms with Gasteiger partial charge in [0.1, 0.15) is 11.6 Å². The molecule has 0 aliphatic rings. The van der Waals surface area contributed by atoms with Gasteiger partial charge in [0, 0.05) is 20.2 Å². The van der Waals surface area contributed by atoms with Gasteiger partial charge in [-0.15, -0.1) is 0 Å². The number of hydrogen-bond donors (Lipinski definition) is 1. The summed E-state index contributed by atoms with van der Waals surface area (Å²) in [5.41, 5.74) is 0.307. The minimum Gasteiger partial charge on any atom is -0.507 e. The van der Waals surface area contributed by atoms with Crippen molar-refractivity contribution in [2.45, 2.75) is 0 Å². The first-order chi connectivity index (χ1) is 7.58. The van der Waals surface area contributed by atoms with Crippen molar-refractivity contribution < 1.29 is 14.0 Å². The first kappa shape index (κ1) is 10.4. The Hall–Kier alpha value is -2.11. The maximum atomic E-state index is 12.8. The van der Waals surface area contributed by atoms with Crippen molar-refractivity contribution in [3.8, 4) is 17.2 Å². The van der Waals surface area contributed by atoms with Crippen LogP contribution in [0.15, 0.2) is 22.7 Å². The van der Waals surface area contributed by atoms with Gasteiger partial charge in [-0.3, -0.25) is 0 Å². The van der Waals surface area contributed by atoms with Crippen molar-refractivity contribution in [1.29, 1.82) is 0 Å². The van der Waals surface area contributed by atoms with Crippen LogP contribution in [0.25, 0.3) is 11.5 Å². The predicted octanol–water partition coefficient (Wildman–Crippen LogP) is 1.65. The Bertz CT molecular complexity index is 511. The summed E-state index contributed by atoms with van der Waals surface area (Å²) in [5, 5.41) is 13.2. The molecule has 0 saturated carbocycles. The van der Waals surface area contributed by atoms with Crippen LogP contribution in [0.2, 0.25) is 0 Å². The van der Waals surface area contributed by atoms with Gasteiger partial charge in [0.05, 0.1) is 5.56 Å². The van der Waals surface area contributed by atoms with Gasteiger partial charge < -0.3 is 14.5 Å². The molecule has 0 spiro atoms. The fraction of sp³-hybridized carbons (Fsp3) is 0.200. The van der Waals surface area contributed by atoms with Crippen molar-refractivity contribution >= 4 is 5.95 Å². The van der Waals surface area contributed by atoms with Gasteiger partial charge in [-0.25, -0.2) is 4.39 Å². The molecule has 0 amide bonds. The third-order valence-electron chi connectivity index (χ3n) is 2.01. The van der Waals surface area contributed by atoms with Crippen LogP contribution in [0, 0.1) is 5.82 Å². The second-order valence-electron chi connectivity index (χ2n) is 3.46. The number of phenolic OH excluding ortho intramolecular Hbond substituents is 1. The average Bonchev–Trinajstić information content (AvgIpc) is 2.66. The number of aromatic hydroxyl groups is 1. The van der Waals surface area contributed by atoms with Crippen LogP contribution < -0.4 is 4.90 Å². The van der Waals surface area contributed by atoms with E-state index in [0.717, 1.165) is 6.07 Å². The molecule has 16 heavy (non-hydrogen) atoms. The molecule has 1 N–H and O–H groups in total. The molecular formula is C10H10FN3O2. The Labute approximate surface area is 91.1 Å². The molecule has 1 aromatic carbocycles. The number of benzene rings is 1. The van der Waals surface area contributed by atoms with E-state index < -0.39 is 5.82 Å². The van der Waals surface area contributed by atoms with E-state index >= 15 is 0 Å². The second-order valence-corrected chi connectivity index (χ2v) is 3.46. The quantitative estimate of drug-likeness (QED) is 0.838. The highest BCUT2D eigenvalue weighted by Crippen LogP contribution is 2.29. The number of aromatic nitrogens is 2. The van der Waals surface area contributed by atoms with Crippen LogP contribution in [-0.4, -0.2) is 29.3 Å². The summed E-state index contributed by atoms with van der Waals surface area (Å²) in [6.45, 7) is 0. The van der Waals surface area contributed by atoms with E-state index in [1.54, 1.807) is 19.0 Å². The van der Waals surface area contributed by atoms with Gasteiger partial charge >= 0.3 is 0 Å². The summed E-state index contributed by atoms with van der Waals surface area (Å²) < 4.78 is 17.7. The van der Waals surface area contributed by atoms with Crippen LogP contribution in [0.1, 0.15) is 0 Å². The van der Waals surface area contributed by atoms with Gasteiger partial charge in [0.25, 0.3) is 11.8 Å². The molecule has 6 heteroatoms. The standard InChI is InChI=1S/C10H10FN3O2/c1-14(2)10-12-9(16-13-10)7-4-3-6(11)5-8(7)15/h3-5,15H,1-2H3. The monoisotopic (exact) mass is 223 g/mol. The summed E-state index contributed by atoms with van der Waals surface area (Å²) in [5.74, 6) is -0.206. The van der Waals surface area contributed by atoms with E-state index in [-0.39, 0.29) is 11.6 Å². The zero-order valence-corrected chi connectivity index (χ0v) is 8.81. The number of phenols is 1. The Morgan fingerprint density at radius 3 is 2.69 bits per heavy atom. The number of anilines is 1. The molecule has 0 atom stereocenters. The zero-order valence-electron chi connectivity index (χ0n) is 8.81. The first-order valence-corrected chi connectivity index (χ1v) is 4.58. The second kappa shape index (κ2) is 3.80. The van der Waals surface area contributed by atoms with Gasteiger partial charge in [0.2, 0.25) is 0 Å². The van der Waals surface area contributed by atoms with Crippen LogP contribution in [-0.2, 0) is 0 Å². The van der Waals surface area contributed by atoms with Gasteiger partial charge in [-0.05, 0) is 17.3 Å². The summed E-state index contributed by atoms with van der Waals surface area (Å²) in [4.78, 5) is 5.70. The van der Waals surface area contributed by atoms with E-state index in [1.807, 2.05) is 0 Å². The van der Waals surface area contributed by atoms with E-state index in [9.17, 15) is 9.50 Å². The molecule has 84 valence electrons. The van der Waals surface area contributed by atoms with E-state index in [0.29, 0.717) is 11.5 Å². The highest BCUT2D eigenvalue weighted by Gasteiger charge is 2.14. The van der Waals surface area contributed by atoms with Crippen molar-refractivity contribution in [2.75, 3.05) is 19.0 Å². The van der Waals surface area contributed by atoms with Crippen molar-refractivity contribution in [3.05, 3.63) is 24.0 Å².